The number of ether oxygens (including phenoxy) is 1. The van der Waals surface area contributed by atoms with Gasteiger partial charge in [0.2, 0.25) is 0 Å². The van der Waals surface area contributed by atoms with Gasteiger partial charge in [-0.15, -0.1) is 0 Å². The zero-order valence-corrected chi connectivity index (χ0v) is 10.9. The average molecular weight is 273 g/mol. The molecule has 18 heavy (non-hydrogen) atoms. The quantitative estimate of drug-likeness (QED) is 0.892. The van der Waals surface area contributed by atoms with E-state index in [0.717, 1.165) is 6.07 Å². The number of halogens is 1. The molecule has 6 heteroatoms. The summed E-state index contributed by atoms with van der Waals surface area (Å²) < 4.78 is 43.7. The van der Waals surface area contributed by atoms with E-state index < -0.39 is 20.9 Å². The molecule has 0 amide bonds. The summed E-state index contributed by atoms with van der Waals surface area (Å²) in [5.74, 6) is -0.710. The molecule has 1 aliphatic heterocycles. The highest BCUT2D eigenvalue weighted by molar-refractivity contribution is 7.92. The Morgan fingerprint density at radius 2 is 2.11 bits per heavy atom. The third-order valence-corrected chi connectivity index (χ3v) is 5.42. The van der Waals surface area contributed by atoms with Crippen molar-refractivity contribution < 1.29 is 17.5 Å². The molecular formula is C12H16FNO3S. The standard InChI is InChI=1S/C12H16FNO3S/c1-14-10-6-7-17-8-12(10)18(15,16)11-5-3-2-4-9(11)13/h2-5,10,12,14H,6-8H2,1H3. The summed E-state index contributed by atoms with van der Waals surface area (Å²) in [6, 6.07) is 5.25. The van der Waals surface area contributed by atoms with E-state index in [1.807, 2.05) is 0 Å². The van der Waals surface area contributed by atoms with E-state index in [9.17, 15) is 12.8 Å². The molecule has 0 aromatic heterocycles. The Labute approximate surface area is 106 Å². The smallest absolute Gasteiger partial charge is 0.187 e. The van der Waals surface area contributed by atoms with Crippen molar-refractivity contribution in [2.45, 2.75) is 22.6 Å². The highest BCUT2D eigenvalue weighted by atomic mass is 32.2. The first-order valence-corrected chi connectivity index (χ1v) is 7.35. The molecule has 4 nitrogen and oxygen atoms in total. The molecular weight excluding hydrogens is 257 g/mol. The summed E-state index contributed by atoms with van der Waals surface area (Å²) in [4.78, 5) is -0.249. The third kappa shape index (κ3) is 2.41. The molecule has 0 bridgehead atoms. The van der Waals surface area contributed by atoms with Crippen LogP contribution in [0.2, 0.25) is 0 Å². The Hall–Kier alpha value is -0.980. The van der Waals surface area contributed by atoms with E-state index in [-0.39, 0.29) is 17.5 Å². The maximum atomic E-state index is 13.6. The number of benzene rings is 1. The molecule has 1 saturated heterocycles. The van der Waals surface area contributed by atoms with E-state index >= 15 is 0 Å². The summed E-state index contributed by atoms with van der Waals surface area (Å²) in [5.41, 5.74) is 0. The fourth-order valence-corrected chi connectivity index (χ4v) is 4.10. The minimum Gasteiger partial charge on any atom is -0.380 e. The first-order chi connectivity index (χ1) is 8.57. The summed E-state index contributed by atoms with van der Waals surface area (Å²) in [6.07, 6.45) is 0.606. The lowest BCUT2D eigenvalue weighted by molar-refractivity contribution is 0.0825. The molecule has 1 aliphatic rings. The van der Waals surface area contributed by atoms with Crippen LogP contribution in [0.5, 0.6) is 0 Å². The maximum absolute atomic E-state index is 13.6. The van der Waals surface area contributed by atoms with E-state index in [1.165, 1.54) is 18.2 Å². The Bertz CT molecular complexity index is 518. The minimum atomic E-state index is -3.72. The zero-order valence-electron chi connectivity index (χ0n) is 10.1. The van der Waals surface area contributed by atoms with Gasteiger partial charge in [-0.1, -0.05) is 12.1 Å². The molecule has 2 atom stereocenters. The first-order valence-electron chi connectivity index (χ1n) is 5.81. The second-order valence-corrected chi connectivity index (χ2v) is 6.41. The third-order valence-electron chi connectivity index (χ3n) is 3.22. The number of hydrogen-bond donors (Lipinski definition) is 1. The van der Waals surface area contributed by atoms with Gasteiger partial charge in [0, 0.05) is 12.6 Å². The van der Waals surface area contributed by atoms with Crippen LogP contribution in [0.1, 0.15) is 6.42 Å². The van der Waals surface area contributed by atoms with Gasteiger partial charge in [0.15, 0.2) is 9.84 Å². The highest BCUT2D eigenvalue weighted by Gasteiger charge is 2.37. The Kier molecular flexibility index (Phi) is 3.99. The van der Waals surface area contributed by atoms with Gasteiger partial charge in [-0.05, 0) is 25.6 Å². The second-order valence-electron chi connectivity index (χ2n) is 4.27. The van der Waals surface area contributed by atoms with E-state index in [1.54, 1.807) is 7.05 Å². The van der Waals surface area contributed by atoms with Crippen molar-refractivity contribution in [2.24, 2.45) is 0 Å². The van der Waals surface area contributed by atoms with Crippen LogP contribution in [-0.4, -0.2) is 40.0 Å². The molecule has 1 N–H and O–H groups in total. The fourth-order valence-electron chi connectivity index (χ4n) is 2.19. The van der Waals surface area contributed by atoms with E-state index in [4.69, 9.17) is 4.74 Å². The molecule has 1 aromatic carbocycles. The highest BCUT2D eigenvalue weighted by Crippen LogP contribution is 2.24. The topological polar surface area (TPSA) is 55.4 Å². The number of nitrogens with one attached hydrogen (secondary N) is 1. The van der Waals surface area contributed by atoms with Gasteiger partial charge in [-0.3, -0.25) is 0 Å². The first kappa shape index (κ1) is 13.5. The van der Waals surface area contributed by atoms with Crippen LogP contribution in [-0.2, 0) is 14.6 Å². The van der Waals surface area contributed by atoms with Crippen LogP contribution < -0.4 is 5.32 Å². The summed E-state index contributed by atoms with van der Waals surface area (Å²) >= 11 is 0. The SMILES string of the molecule is CNC1CCOCC1S(=O)(=O)c1ccccc1F. The summed E-state index contributed by atoms with van der Waals surface area (Å²) in [7, 11) is -2.01. The molecule has 0 aliphatic carbocycles. The van der Waals surface area contributed by atoms with Gasteiger partial charge in [0.05, 0.1) is 6.61 Å². The van der Waals surface area contributed by atoms with Gasteiger partial charge < -0.3 is 10.1 Å². The number of rotatable bonds is 3. The van der Waals surface area contributed by atoms with Crippen molar-refractivity contribution >= 4 is 9.84 Å². The summed E-state index contributed by atoms with van der Waals surface area (Å²) in [5, 5.41) is 2.23. The zero-order chi connectivity index (χ0) is 13.2. The van der Waals surface area contributed by atoms with Crippen molar-refractivity contribution in [3.8, 4) is 0 Å². The Morgan fingerprint density at radius 1 is 1.39 bits per heavy atom. The molecule has 0 radical (unpaired) electrons. The molecule has 1 aromatic rings. The summed E-state index contributed by atoms with van der Waals surface area (Å²) in [6.45, 7) is 0.622. The van der Waals surface area contributed by atoms with Gasteiger partial charge in [0.1, 0.15) is 16.0 Å². The lowest BCUT2D eigenvalue weighted by Crippen LogP contribution is -2.49. The number of hydrogen-bond acceptors (Lipinski definition) is 4. The van der Waals surface area contributed by atoms with Crippen LogP contribution in [0.15, 0.2) is 29.2 Å². The minimum absolute atomic E-state index is 0.0994. The predicted octanol–water partition coefficient (Wildman–Crippen LogP) is 0.976. The van der Waals surface area contributed by atoms with Gasteiger partial charge in [0.25, 0.3) is 0 Å². The van der Waals surface area contributed by atoms with Crippen LogP contribution >= 0.6 is 0 Å². The van der Waals surface area contributed by atoms with Crippen LogP contribution in [0, 0.1) is 5.82 Å². The fraction of sp³-hybridized carbons (Fsp3) is 0.500. The van der Waals surface area contributed by atoms with Crippen molar-refractivity contribution in [3.05, 3.63) is 30.1 Å². The molecule has 2 unspecified atom stereocenters. The largest absolute Gasteiger partial charge is 0.380 e. The molecule has 0 saturated carbocycles. The van der Waals surface area contributed by atoms with Crippen molar-refractivity contribution in [1.29, 1.82) is 0 Å². The molecule has 0 spiro atoms. The van der Waals surface area contributed by atoms with E-state index in [2.05, 4.69) is 5.32 Å². The average Bonchev–Trinajstić information content (AvgIpc) is 2.39. The number of sulfone groups is 1. The van der Waals surface area contributed by atoms with Gasteiger partial charge in [-0.25, -0.2) is 12.8 Å². The normalized spacial score (nSPS) is 25.0. The Morgan fingerprint density at radius 3 is 2.78 bits per heavy atom. The predicted molar refractivity (Wildman–Crippen MR) is 65.7 cm³/mol. The van der Waals surface area contributed by atoms with E-state index in [0.29, 0.717) is 13.0 Å². The van der Waals surface area contributed by atoms with Gasteiger partial charge in [-0.2, -0.15) is 0 Å². The second kappa shape index (κ2) is 5.34. The Balaban J connectivity index is 2.39. The molecule has 1 fully saturated rings. The van der Waals surface area contributed by atoms with Crippen LogP contribution in [0.25, 0.3) is 0 Å². The maximum Gasteiger partial charge on any atom is 0.187 e. The van der Waals surface area contributed by atoms with Gasteiger partial charge >= 0.3 is 0 Å². The van der Waals surface area contributed by atoms with Crippen molar-refractivity contribution in [2.75, 3.05) is 20.3 Å². The lowest BCUT2D eigenvalue weighted by atomic mass is 10.1. The lowest BCUT2D eigenvalue weighted by Gasteiger charge is -2.30. The molecule has 2 rings (SSSR count). The molecule has 1 heterocycles. The van der Waals surface area contributed by atoms with Crippen molar-refractivity contribution in [1.82, 2.24) is 5.32 Å². The monoisotopic (exact) mass is 273 g/mol. The van der Waals surface area contributed by atoms with Crippen molar-refractivity contribution in [3.63, 3.8) is 0 Å². The molecule has 100 valence electrons. The van der Waals surface area contributed by atoms with Crippen LogP contribution in [0.4, 0.5) is 4.39 Å². The van der Waals surface area contributed by atoms with Crippen LogP contribution in [0.3, 0.4) is 0 Å².